The number of allylic oxidation sites excluding steroid dienone is 1. The van der Waals surface area contributed by atoms with Crippen LogP contribution in [0.4, 0.5) is 0 Å². The molecular formula is C20H17ClN4OS2. The molecule has 0 saturated carbocycles. The van der Waals surface area contributed by atoms with Crippen LogP contribution in [0.15, 0.2) is 66.3 Å². The van der Waals surface area contributed by atoms with Crippen LogP contribution in [0.25, 0.3) is 10.2 Å². The van der Waals surface area contributed by atoms with E-state index in [2.05, 4.69) is 27.8 Å². The molecule has 4 aromatic rings. The molecule has 142 valence electrons. The summed E-state index contributed by atoms with van der Waals surface area (Å²) in [4.78, 5) is 4.68. The Hall–Kier alpha value is -2.35. The predicted molar refractivity (Wildman–Crippen MR) is 115 cm³/mol. The van der Waals surface area contributed by atoms with Gasteiger partial charge in [0, 0.05) is 11.6 Å². The maximum Gasteiger partial charge on any atom is 0.192 e. The smallest absolute Gasteiger partial charge is 0.192 e. The van der Waals surface area contributed by atoms with Crippen molar-refractivity contribution in [2.24, 2.45) is 0 Å². The van der Waals surface area contributed by atoms with Gasteiger partial charge < -0.3 is 4.74 Å². The fourth-order valence-corrected chi connectivity index (χ4v) is 4.68. The lowest BCUT2D eigenvalue weighted by Crippen LogP contribution is -2.07. The number of aromatic nitrogens is 4. The molecule has 0 unspecified atom stereocenters. The maximum absolute atomic E-state index is 5.91. The highest BCUT2D eigenvalue weighted by Crippen LogP contribution is 2.28. The second-order valence-electron chi connectivity index (χ2n) is 5.90. The second-order valence-corrected chi connectivity index (χ2v) is 8.40. The third-order valence-corrected chi connectivity index (χ3v) is 6.40. The standard InChI is InChI=1S/C20H17ClN4OS2/c1-2-11-25-18(12-26-15-9-7-14(21)8-10-15)23-24-20(25)27-13-19-22-16-5-3-4-6-17(16)28-19/h2-10H,1,11-13H2. The molecule has 0 bridgehead atoms. The number of para-hydroxylation sites is 1. The summed E-state index contributed by atoms with van der Waals surface area (Å²) in [6.45, 7) is 4.78. The number of thioether (sulfide) groups is 1. The molecule has 0 N–H and O–H groups in total. The zero-order valence-electron chi connectivity index (χ0n) is 14.9. The number of nitrogens with zero attached hydrogens (tertiary/aromatic N) is 4. The molecule has 0 aliphatic carbocycles. The fourth-order valence-electron chi connectivity index (χ4n) is 2.63. The summed E-state index contributed by atoms with van der Waals surface area (Å²) in [5.74, 6) is 2.23. The van der Waals surface area contributed by atoms with Crippen molar-refractivity contribution in [1.29, 1.82) is 0 Å². The van der Waals surface area contributed by atoms with E-state index in [0.717, 1.165) is 33.0 Å². The van der Waals surface area contributed by atoms with E-state index in [0.29, 0.717) is 18.2 Å². The molecule has 0 fully saturated rings. The van der Waals surface area contributed by atoms with Crippen LogP contribution in [0.2, 0.25) is 5.02 Å². The largest absolute Gasteiger partial charge is 0.486 e. The Morgan fingerprint density at radius 2 is 1.96 bits per heavy atom. The predicted octanol–water partition coefficient (Wildman–Crippen LogP) is 5.60. The molecule has 4 rings (SSSR count). The monoisotopic (exact) mass is 428 g/mol. The number of fused-ring (bicyclic) bond motifs is 1. The van der Waals surface area contributed by atoms with E-state index in [1.807, 2.05) is 41.0 Å². The number of thiazole rings is 1. The van der Waals surface area contributed by atoms with Gasteiger partial charge in [-0.05, 0) is 36.4 Å². The van der Waals surface area contributed by atoms with Gasteiger partial charge in [0.05, 0.1) is 16.0 Å². The van der Waals surface area contributed by atoms with Crippen molar-refractivity contribution in [2.75, 3.05) is 0 Å². The first-order valence-electron chi connectivity index (χ1n) is 8.61. The topological polar surface area (TPSA) is 52.8 Å². The number of halogens is 1. The van der Waals surface area contributed by atoms with Gasteiger partial charge in [0.1, 0.15) is 17.4 Å². The molecule has 0 aliphatic heterocycles. The Morgan fingerprint density at radius 3 is 2.75 bits per heavy atom. The lowest BCUT2D eigenvalue weighted by molar-refractivity contribution is 0.289. The summed E-state index contributed by atoms with van der Waals surface area (Å²) in [5, 5.41) is 11.2. The van der Waals surface area contributed by atoms with Crippen LogP contribution in [-0.4, -0.2) is 19.7 Å². The van der Waals surface area contributed by atoms with E-state index in [1.165, 1.54) is 4.70 Å². The van der Waals surface area contributed by atoms with Crippen molar-refractivity contribution in [3.05, 3.63) is 77.0 Å². The molecule has 5 nitrogen and oxygen atoms in total. The van der Waals surface area contributed by atoms with Crippen molar-refractivity contribution in [2.45, 2.75) is 24.1 Å². The lowest BCUT2D eigenvalue weighted by atomic mass is 10.3. The van der Waals surface area contributed by atoms with Gasteiger partial charge in [0.25, 0.3) is 0 Å². The number of benzene rings is 2. The zero-order chi connectivity index (χ0) is 19.3. The van der Waals surface area contributed by atoms with Crippen LogP contribution < -0.4 is 4.74 Å². The molecule has 0 spiro atoms. The van der Waals surface area contributed by atoms with Gasteiger partial charge in [-0.2, -0.15) is 0 Å². The molecule has 8 heteroatoms. The van der Waals surface area contributed by atoms with E-state index in [9.17, 15) is 0 Å². The molecule has 28 heavy (non-hydrogen) atoms. The number of rotatable bonds is 8. The Labute approximate surface area is 176 Å². The molecule has 0 amide bonds. The molecule has 0 aliphatic rings. The van der Waals surface area contributed by atoms with Crippen LogP contribution in [0.1, 0.15) is 10.8 Å². The summed E-state index contributed by atoms with van der Waals surface area (Å²) in [5.41, 5.74) is 1.03. The van der Waals surface area contributed by atoms with E-state index >= 15 is 0 Å². The SMILES string of the molecule is C=CCn1c(COc2ccc(Cl)cc2)nnc1SCc1nc2ccccc2s1. The zero-order valence-corrected chi connectivity index (χ0v) is 17.3. The van der Waals surface area contributed by atoms with Crippen LogP contribution >= 0.6 is 34.7 Å². The third kappa shape index (κ3) is 4.38. The quantitative estimate of drug-likeness (QED) is 0.270. The lowest BCUT2D eigenvalue weighted by Gasteiger charge is -2.09. The van der Waals surface area contributed by atoms with Crippen LogP contribution in [0.5, 0.6) is 5.75 Å². The van der Waals surface area contributed by atoms with Gasteiger partial charge >= 0.3 is 0 Å². The number of hydrogen-bond donors (Lipinski definition) is 0. The Bertz CT molecular complexity index is 1060. The summed E-state index contributed by atoms with van der Waals surface area (Å²) in [6.07, 6.45) is 1.83. The fraction of sp³-hybridized carbons (Fsp3) is 0.150. The minimum Gasteiger partial charge on any atom is -0.486 e. The minimum absolute atomic E-state index is 0.324. The summed E-state index contributed by atoms with van der Waals surface area (Å²) in [7, 11) is 0. The van der Waals surface area contributed by atoms with Gasteiger partial charge in [-0.1, -0.05) is 41.6 Å². The van der Waals surface area contributed by atoms with Crippen molar-refractivity contribution in [1.82, 2.24) is 19.7 Å². The van der Waals surface area contributed by atoms with Gasteiger partial charge in [-0.15, -0.1) is 28.1 Å². The molecule has 0 radical (unpaired) electrons. The summed E-state index contributed by atoms with van der Waals surface area (Å²) < 4.78 is 9.03. The highest BCUT2D eigenvalue weighted by Gasteiger charge is 2.14. The van der Waals surface area contributed by atoms with Crippen molar-refractivity contribution in [3.63, 3.8) is 0 Å². The van der Waals surface area contributed by atoms with Gasteiger partial charge in [0.2, 0.25) is 0 Å². The highest BCUT2D eigenvalue weighted by molar-refractivity contribution is 7.98. The van der Waals surface area contributed by atoms with Crippen LogP contribution in [0.3, 0.4) is 0 Å². The first kappa shape index (κ1) is 19.0. The highest BCUT2D eigenvalue weighted by atomic mass is 35.5. The Kier molecular flexibility index (Phi) is 5.95. The van der Waals surface area contributed by atoms with Gasteiger partial charge in [0.15, 0.2) is 11.0 Å². The molecule has 0 saturated heterocycles. The summed E-state index contributed by atoms with van der Waals surface area (Å²) >= 11 is 9.23. The van der Waals surface area contributed by atoms with E-state index < -0.39 is 0 Å². The molecule has 2 heterocycles. The average molecular weight is 429 g/mol. The van der Waals surface area contributed by atoms with Crippen LogP contribution in [0, 0.1) is 0 Å². The Balaban J connectivity index is 1.46. The van der Waals surface area contributed by atoms with Crippen LogP contribution in [-0.2, 0) is 18.9 Å². The normalized spacial score (nSPS) is 11.0. The van der Waals surface area contributed by atoms with Crippen molar-refractivity contribution < 1.29 is 4.74 Å². The molecular weight excluding hydrogens is 412 g/mol. The van der Waals surface area contributed by atoms with Gasteiger partial charge in [-0.3, -0.25) is 4.57 Å². The Morgan fingerprint density at radius 1 is 1.14 bits per heavy atom. The van der Waals surface area contributed by atoms with E-state index in [1.54, 1.807) is 35.2 Å². The molecule has 2 aromatic heterocycles. The average Bonchev–Trinajstić information content (AvgIpc) is 3.30. The first-order chi connectivity index (χ1) is 13.7. The van der Waals surface area contributed by atoms with Gasteiger partial charge in [-0.25, -0.2) is 4.98 Å². The number of hydrogen-bond acceptors (Lipinski definition) is 6. The third-order valence-electron chi connectivity index (χ3n) is 3.95. The molecule has 2 aromatic carbocycles. The molecule has 0 atom stereocenters. The minimum atomic E-state index is 0.324. The maximum atomic E-state index is 5.91. The first-order valence-corrected chi connectivity index (χ1v) is 10.8. The summed E-state index contributed by atoms with van der Waals surface area (Å²) in [6, 6.07) is 15.4. The van der Waals surface area contributed by atoms with Crippen molar-refractivity contribution in [3.8, 4) is 5.75 Å². The van der Waals surface area contributed by atoms with Crippen molar-refractivity contribution >= 4 is 44.9 Å². The van der Waals surface area contributed by atoms with E-state index in [4.69, 9.17) is 16.3 Å². The van der Waals surface area contributed by atoms with E-state index in [-0.39, 0.29) is 0 Å². The number of ether oxygens (including phenoxy) is 1. The second kappa shape index (κ2) is 8.77.